The number of hydrogen-bond acceptors (Lipinski definition) is 2. The van der Waals surface area contributed by atoms with E-state index in [1.165, 1.54) is 0 Å². The Morgan fingerprint density at radius 3 is 2.29 bits per heavy atom. The number of amides is 1. The van der Waals surface area contributed by atoms with Crippen molar-refractivity contribution in [2.24, 2.45) is 0 Å². The third kappa shape index (κ3) is 1.92. The first-order valence-corrected chi connectivity index (χ1v) is 5.25. The molecule has 1 atom stereocenters. The SMILES string of the molecule is CC1CNC(C)(C)C(=O)N1C(C)(C)C. The molecule has 0 saturated carbocycles. The second-order valence-corrected chi connectivity index (χ2v) is 5.70. The van der Waals surface area contributed by atoms with Gasteiger partial charge in [0.1, 0.15) is 0 Å². The Morgan fingerprint density at radius 1 is 1.43 bits per heavy atom. The topological polar surface area (TPSA) is 32.3 Å². The summed E-state index contributed by atoms with van der Waals surface area (Å²) in [4.78, 5) is 14.2. The quantitative estimate of drug-likeness (QED) is 0.638. The largest absolute Gasteiger partial charge is 0.332 e. The molecule has 0 aromatic rings. The zero-order valence-corrected chi connectivity index (χ0v) is 10.1. The van der Waals surface area contributed by atoms with E-state index in [1.54, 1.807) is 0 Å². The maximum atomic E-state index is 12.2. The zero-order valence-electron chi connectivity index (χ0n) is 10.1. The summed E-state index contributed by atoms with van der Waals surface area (Å²) < 4.78 is 0. The Labute approximate surface area is 86.9 Å². The Kier molecular flexibility index (Phi) is 2.65. The first kappa shape index (κ1) is 11.5. The highest BCUT2D eigenvalue weighted by atomic mass is 16.2. The van der Waals surface area contributed by atoms with E-state index in [4.69, 9.17) is 0 Å². The minimum absolute atomic E-state index is 0.0874. The first-order valence-electron chi connectivity index (χ1n) is 5.25. The second kappa shape index (κ2) is 3.23. The van der Waals surface area contributed by atoms with Crippen LogP contribution in [-0.2, 0) is 4.79 Å². The van der Waals surface area contributed by atoms with Gasteiger partial charge in [-0.15, -0.1) is 0 Å². The summed E-state index contributed by atoms with van der Waals surface area (Å²) in [7, 11) is 0. The fourth-order valence-electron chi connectivity index (χ4n) is 2.04. The van der Waals surface area contributed by atoms with Crippen LogP contribution in [0, 0.1) is 0 Å². The highest BCUT2D eigenvalue weighted by Crippen LogP contribution is 2.25. The van der Waals surface area contributed by atoms with E-state index in [2.05, 4.69) is 33.0 Å². The van der Waals surface area contributed by atoms with Gasteiger partial charge in [-0.05, 0) is 41.5 Å². The smallest absolute Gasteiger partial charge is 0.243 e. The van der Waals surface area contributed by atoms with Crippen molar-refractivity contribution in [2.75, 3.05) is 6.54 Å². The highest BCUT2D eigenvalue weighted by molar-refractivity contribution is 5.87. The van der Waals surface area contributed by atoms with Gasteiger partial charge < -0.3 is 10.2 Å². The van der Waals surface area contributed by atoms with E-state index < -0.39 is 5.54 Å². The van der Waals surface area contributed by atoms with E-state index >= 15 is 0 Å². The summed E-state index contributed by atoms with van der Waals surface area (Å²) >= 11 is 0. The second-order valence-electron chi connectivity index (χ2n) is 5.70. The minimum atomic E-state index is -0.417. The molecule has 1 heterocycles. The van der Waals surface area contributed by atoms with Crippen molar-refractivity contribution in [1.29, 1.82) is 0 Å². The molecule has 0 radical (unpaired) electrons. The van der Waals surface area contributed by atoms with Crippen LogP contribution in [0.4, 0.5) is 0 Å². The lowest BCUT2D eigenvalue weighted by Gasteiger charge is -2.49. The van der Waals surface area contributed by atoms with Gasteiger partial charge in [0.25, 0.3) is 0 Å². The predicted octanol–water partition coefficient (Wildman–Crippen LogP) is 1.38. The Balaban J connectivity index is 2.97. The highest BCUT2D eigenvalue weighted by Gasteiger charge is 2.43. The van der Waals surface area contributed by atoms with E-state index in [-0.39, 0.29) is 17.5 Å². The average molecular weight is 198 g/mol. The molecule has 1 amide bonds. The Bertz CT molecular complexity index is 240. The fourth-order valence-corrected chi connectivity index (χ4v) is 2.04. The minimum Gasteiger partial charge on any atom is -0.332 e. The number of hydrogen-bond donors (Lipinski definition) is 1. The van der Waals surface area contributed by atoms with E-state index in [9.17, 15) is 4.79 Å². The molecule has 82 valence electrons. The van der Waals surface area contributed by atoms with Crippen LogP contribution in [0.5, 0.6) is 0 Å². The monoisotopic (exact) mass is 198 g/mol. The van der Waals surface area contributed by atoms with Crippen molar-refractivity contribution in [3.05, 3.63) is 0 Å². The van der Waals surface area contributed by atoms with Crippen LogP contribution >= 0.6 is 0 Å². The molecule has 1 aliphatic heterocycles. The Hall–Kier alpha value is -0.570. The van der Waals surface area contributed by atoms with Gasteiger partial charge in [0, 0.05) is 18.1 Å². The summed E-state index contributed by atoms with van der Waals surface area (Å²) in [5.41, 5.74) is -0.504. The summed E-state index contributed by atoms with van der Waals surface area (Å²) in [6.45, 7) is 13.1. The molecule has 0 aromatic carbocycles. The molecule has 3 heteroatoms. The van der Waals surface area contributed by atoms with Gasteiger partial charge in [-0.25, -0.2) is 0 Å². The average Bonchev–Trinajstić information content (AvgIpc) is 1.96. The molecule has 0 aliphatic carbocycles. The lowest BCUT2D eigenvalue weighted by Crippen LogP contribution is -2.68. The molecule has 3 nitrogen and oxygen atoms in total. The van der Waals surface area contributed by atoms with Gasteiger partial charge in [-0.1, -0.05) is 0 Å². The molecule has 1 unspecified atom stereocenters. The summed E-state index contributed by atoms with van der Waals surface area (Å²) in [6.07, 6.45) is 0. The van der Waals surface area contributed by atoms with E-state index in [1.807, 2.05) is 18.7 Å². The number of rotatable bonds is 0. The molecule has 14 heavy (non-hydrogen) atoms. The summed E-state index contributed by atoms with van der Waals surface area (Å²) in [5.74, 6) is 0.198. The molecule has 0 spiro atoms. The van der Waals surface area contributed by atoms with Gasteiger partial charge in [0.15, 0.2) is 0 Å². The van der Waals surface area contributed by atoms with Crippen molar-refractivity contribution in [1.82, 2.24) is 10.2 Å². The van der Waals surface area contributed by atoms with Crippen molar-refractivity contribution in [2.45, 2.75) is 58.7 Å². The van der Waals surface area contributed by atoms with Crippen LogP contribution < -0.4 is 5.32 Å². The molecule has 1 aliphatic rings. The van der Waals surface area contributed by atoms with Gasteiger partial charge in [-0.3, -0.25) is 4.79 Å². The van der Waals surface area contributed by atoms with E-state index in [0.717, 1.165) is 6.54 Å². The van der Waals surface area contributed by atoms with Crippen molar-refractivity contribution in [3.63, 3.8) is 0 Å². The number of piperazine rings is 1. The summed E-state index contributed by atoms with van der Waals surface area (Å²) in [5, 5.41) is 3.27. The molecule has 1 saturated heterocycles. The maximum absolute atomic E-state index is 12.2. The Morgan fingerprint density at radius 2 is 1.93 bits per heavy atom. The first-order chi connectivity index (χ1) is 6.16. The zero-order chi connectivity index (χ0) is 11.1. The fraction of sp³-hybridized carbons (Fsp3) is 0.909. The molecule has 0 bridgehead atoms. The molecule has 1 fully saturated rings. The van der Waals surface area contributed by atoms with Crippen molar-refractivity contribution in [3.8, 4) is 0 Å². The van der Waals surface area contributed by atoms with Crippen LogP contribution in [-0.4, -0.2) is 34.5 Å². The van der Waals surface area contributed by atoms with Gasteiger partial charge >= 0.3 is 0 Å². The number of carbonyl (C=O) groups excluding carboxylic acids is 1. The summed E-state index contributed by atoms with van der Waals surface area (Å²) in [6, 6.07) is 0.274. The van der Waals surface area contributed by atoms with Gasteiger partial charge in [-0.2, -0.15) is 0 Å². The van der Waals surface area contributed by atoms with Crippen LogP contribution in [0.2, 0.25) is 0 Å². The molecule has 0 aromatic heterocycles. The maximum Gasteiger partial charge on any atom is 0.243 e. The number of nitrogens with one attached hydrogen (secondary N) is 1. The van der Waals surface area contributed by atoms with Crippen molar-refractivity contribution < 1.29 is 4.79 Å². The van der Waals surface area contributed by atoms with Gasteiger partial charge in [0.2, 0.25) is 5.91 Å². The standard InChI is InChI=1S/C11H22N2O/c1-8-7-12-11(5,6)9(14)13(8)10(2,3)4/h8,12H,7H2,1-6H3. The lowest BCUT2D eigenvalue weighted by atomic mass is 9.92. The third-order valence-corrected chi connectivity index (χ3v) is 2.76. The van der Waals surface area contributed by atoms with Gasteiger partial charge in [0.05, 0.1) is 5.54 Å². The van der Waals surface area contributed by atoms with Crippen LogP contribution in [0.1, 0.15) is 41.5 Å². The van der Waals surface area contributed by atoms with Crippen LogP contribution in [0.15, 0.2) is 0 Å². The van der Waals surface area contributed by atoms with Crippen LogP contribution in [0.25, 0.3) is 0 Å². The van der Waals surface area contributed by atoms with Crippen LogP contribution in [0.3, 0.4) is 0 Å². The van der Waals surface area contributed by atoms with E-state index in [0.29, 0.717) is 0 Å². The number of carbonyl (C=O) groups is 1. The molecule has 1 N–H and O–H groups in total. The predicted molar refractivity (Wildman–Crippen MR) is 58.1 cm³/mol. The third-order valence-electron chi connectivity index (χ3n) is 2.76. The normalized spacial score (nSPS) is 28.0. The molecular formula is C11H22N2O. The molecular weight excluding hydrogens is 176 g/mol. The van der Waals surface area contributed by atoms with Crippen molar-refractivity contribution >= 4 is 5.91 Å². The number of nitrogens with zero attached hydrogens (tertiary/aromatic N) is 1. The molecule has 1 rings (SSSR count). The lowest BCUT2D eigenvalue weighted by molar-refractivity contribution is -0.149.